The number of benzene rings is 1. The number of aromatic nitrogens is 6. The Balaban J connectivity index is 0.00000284. The number of allylic oxidation sites excluding steroid dienone is 1. The molecule has 1 amide bonds. The molecule has 7 heterocycles. The molecule has 65 heavy (non-hydrogen) atoms. The van der Waals surface area contributed by atoms with Crippen LogP contribution in [0.2, 0.25) is 0 Å². The van der Waals surface area contributed by atoms with E-state index >= 15 is 0 Å². The first-order chi connectivity index (χ1) is 31.3. The molecular formula is C51H60N12OS. The van der Waals surface area contributed by atoms with E-state index < -0.39 is 5.54 Å². The fraction of sp³-hybridized carbons (Fsp3) is 0.294. The molecule has 1 saturated carbocycles. The van der Waals surface area contributed by atoms with Crippen LogP contribution < -0.4 is 32.9 Å². The Hall–Kier alpha value is -6.77. The second kappa shape index (κ2) is 18.0. The first-order valence-corrected chi connectivity index (χ1v) is 23.0. The fourth-order valence-corrected chi connectivity index (χ4v) is 9.13. The zero-order valence-electron chi connectivity index (χ0n) is 37.9. The van der Waals surface area contributed by atoms with E-state index in [9.17, 15) is 4.79 Å². The molecule has 2 aliphatic heterocycles. The predicted molar refractivity (Wildman–Crippen MR) is 269 cm³/mol. The summed E-state index contributed by atoms with van der Waals surface area (Å²) in [6, 6.07) is 14.1. The molecule has 1 saturated heterocycles. The van der Waals surface area contributed by atoms with Gasteiger partial charge < -0.3 is 40.4 Å². The first-order valence-electron chi connectivity index (χ1n) is 22.1. The smallest absolute Gasteiger partial charge is 0.224 e. The second-order valence-electron chi connectivity index (χ2n) is 17.5. The number of fused-ring (bicyclic) bond motifs is 3. The lowest BCUT2D eigenvalue weighted by Crippen LogP contribution is -2.50. The van der Waals surface area contributed by atoms with Crippen LogP contribution in [-0.2, 0) is 10.3 Å². The third-order valence-corrected chi connectivity index (χ3v) is 13.2. The van der Waals surface area contributed by atoms with Gasteiger partial charge in [0.15, 0.2) is 5.82 Å². The van der Waals surface area contributed by atoms with Gasteiger partial charge in [-0.05, 0) is 83.0 Å². The quantitative estimate of drug-likeness (QED) is 0.0282. The highest BCUT2D eigenvalue weighted by molar-refractivity contribution is 7.79. The van der Waals surface area contributed by atoms with Gasteiger partial charge in [0.25, 0.3) is 0 Å². The number of carbonyl (C=O) groups excluding carboxylic acids is 1. The molecule has 2 fully saturated rings. The van der Waals surface area contributed by atoms with E-state index in [0.29, 0.717) is 42.5 Å². The van der Waals surface area contributed by atoms with Gasteiger partial charge in [0.1, 0.15) is 5.65 Å². The number of amides is 1. The molecule has 0 radical (unpaired) electrons. The van der Waals surface area contributed by atoms with Crippen LogP contribution in [-0.4, -0.2) is 70.3 Å². The molecule has 7 N–H and O–H groups in total. The van der Waals surface area contributed by atoms with Gasteiger partial charge in [0, 0.05) is 116 Å². The Labute approximate surface area is 386 Å². The van der Waals surface area contributed by atoms with Crippen molar-refractivity contribution in [3.05, 3.63) is 144 Å². The van der Waals surface area contributed by atoms with E-state index in [1.807, 2.05) is 42.7 Å². The molecule has 5 aromatic heterocycles. The zero-order chi connectivity index (χ0) is 46.3. The van der Waals surface area contributed by atoms with E-state index in [2.05, 4.69) is 127 Å². The summed E-state index contributed by atoms with van der Waals surface area (Å²) < 4.78 is 4.25. The highest BCUT2D eigenvalue weighted by atomic mass is 32.1. The summed E-state index contributed by atoms with van der Waals surface area (Å²) in [4.78, 5) is 33.0. The van der Waals surface area contributed by atoms with Crippen LogP contribution in [0.1, 0.15) is 87.5 Å². The van der Waals surface area contributed by atoms with Crippen molar-refractivity contribution in [2.45, 2.75) is 76.4 Å². The van der Waals surface area contributed by atoms with Crippen molar-refractivity contribution < 1.29 is 4.79 Å². The van der Waals surface area contributed by atoms with Gasteiger partial charge in [-0.15, -0.1) is 6.58 Å². The summed E-state index contributed by atoms with van der Waals surface area (Å²) in [6.45, 7) is 28.8. The van der Waals surface area contributed by atoms with Crippen molar-refractivity contribution in [2.75, 3.05) is 24.7 Å². The number of carbonyl (C=O) groups is 1. The first kappa shape index (κ1) is 44.8. The van der Waals surface area contributed by atoms with Crippen LogP contribution >= 0.6 is 12.6 Å². The van der Waals surface area contributed by atoms with E-state index in [1.165, 1.54) is 0 Å². The number of H-pyrrole nitrogens is 1. The maximum atomic E-state index is 12.0. The maximum Gasteiger partial charge on any atom is 0.224 e. The van der Waals surface area contributed by atoms with Crippen LogP contribution in [0.25, 0.3) is 57.6 Å². The van der Waals surface area contributed by atoms with Crippen LogP contribution in [0.15, 0.2) is 111 Å². The molecular weight excluding hydrogens is 829 g/mol. The monoisotopic (exact) mass is 888 g/mol. The molecule has 2 unspecified atom stereocenters. The van der Waals surface area contributed by atoms with E-state index in [0.717, 1.165) is 103 Å². The van der Waals surface area contributed by atoms with Crippen molar-refractivity contribution in [1.82, 2.24) is 44.3 Å². The number of aromatic amines is 1. The molecule has 1 aliphatic carbocycles. The summed E-state index contributed by atoms with van der Waals surface area (Å²) in [5, 5.41) is 12.6. The molecule has 2 atom stereocenters. The number of anilines is 1. The van der Waals surface area contributed by atoms with Gasteiger partial charge in [0.2, 0.25) is 5.91 Å². The van der Waals surface area contributed by atoms with Crippen LogP contribution in [0.4, 0.5) is 5.69 Å². The summed E-state index contributed by atoms with van der Waals surface area (Å²) in [7, 11) is 0. The molecule has 9 rings (SSSR count). The number of thiol groups is 1. The van der Waals surface area contributed by atoms with E-state index in [4.69, 9.17) is 26.5 Å². The normalized spacial score (nSPS) is 17.0. The molecule has 1 aromatic carbocycles. The summed E-state index contributed by atoms with van der Waals surface area (Å²) in [6.07, 6.45) is 17.6. The number of hydrazine groups is 1. The average Bonchev–Trinajstić information content (AvgIpc) is 3.76. The van der Waals surface area contributed by atoms with Crippen molar-refractivity contribution >= 4 is 70.5 Å². The number of pyridine rings is 1. The second-order valence-corrected chi connectivity index (χ2v) is 17.5. The largest absolute Gasteiger partial charge is 0.399 e. The van der Waals surface area contributed by atoms with E-state index in [-0.39, 0.29) is 18.0 Å². The Morgan fingerprint density at radius 3 is 2.58 bits per heavy atom. The Morgan fingerprint density at radius 1 is 1.06 bits per heavy atom. The molecule has 0 bridgehead atoms. The Morgan fingerprint density at radius 2 is 1.85 bits per heavy atom. The van der Waals surface area contributed by atoms with Crippen molar-refractivity contribution in [2.24, 2.45) is 11.6 Å². The third kappa shape index (κ3) is 8.28. The lowest BCUT2D eigenvalue weighted by Gasteiger charge is -2.38. The summed E-state index contributed by atoms with van der Waals surface area (Å²) in [5.74, 6) is 7.88. The highest BCUT2D eigenvalue weighted by Crippen LogP contribution is 2.43. The van der Waals surface area contributed by atoms with Gasteiger partial charge in [-0.2, -0.15) is 12.6 Å². The Kier molecular flexibility index (Phi) is 12.4. The molecule has 14 heteroatoms. The summed E-state index contributed by atoms with van der Waals surface area (Å²) >= 11 is 3.53. The van der Waals surface area contributed by atoms with Crippen LogP contribution in [0.3, 0.4) is 0 Å². The minimum atomic E-state index is -0.534. The minimum absolute atomic E-state index is 0.0216. The van der Waals surface area contributed by atoms with Crippen molar-refractivity contribution in [1.29, 1.82) is 0 Å². The SMILES string of the molecule is C=CCCN1C=C(c2cc(C3CC3)nc(-c3ccnc4c3ccn4C(C)(C)C(C)N(N)/C=C(\N)CNc3cccc4c(=C)n(C5CCC(=O)NC5=C)c(=C)c34)n2)c2cc[nH]c2C1=C.CS. The van der Waals surface area contributed by atoms with Crippen molar-refractivity contribution in [3.63, 3.8) is 0 Å². The lowest BCUT2D eigenvalue weighted by atomic mass is 9.95. The average molecular weight is 889 g/mol. The Bertz CT molecular complexity index is 3020. The van der Waals surface area contributed by atoms with Gasteiger partial charge in [-0.1, -0.05) is 44.5 Å². The number of nitrogens with one attached hydrogen (secondary N) is 3. The zero-order valence-corrected chi connectivity index (χ0v) is 38.8. The molecule has 3 aliphatic rings. The van der Waals surface area contributed by atoms with E-state index in [1.54, 1.807) is 17.5 Å². The van der Waals surface area contributed by atoms with Crippen LogP contribution in [0.5, 0.6) is 0 Å². The third-order valence-electron chi connectivity index (χ3n) is 13.2. The predicted octanol–water partition coefficient (Wildman–Crippen LogP) is 7.45. The number of nitrogens with two attached hydrogens (primary N) is 2. The number of hydrogen-bond donors (Lipinski definition) is 6. The molecule has 13 nitrogen and oxygen atoms in total. The molecule has 6 aromatic rings. The molecule has 0 spiro atoms. The number of rotatable bonds is 14. The topological polar surface area (TPSA) is 164 Å². The van der Waals surface area contributed by atoms with Crippen molar-refractivity contribution in [3.8, 4) is 11.4 Å². The van der Waals surface area contributed by atoms with Crippen LogP contribution in [0, 0.1) is 0 Å². The standard InChI is InChI=1S/C50H56N12O.CH4S/c1-9-10-23-59-28-40(37-18-21-53-47(37)32(59)5)43-25-42(34-14-15-34)57-48(58-43)38-19-22-54-49-39(38)20-24-60(49)50(7,8)33(6)61(52)27-35(51)26-55-41-13-11-12-36-30(3)62(31(4)46(36)41)44-16-17-45(63)56-29(44)2;1-2/h9,11-13,18-22,24-25,27-28,33-34,44,53,55H,1-5,10,14-17,23,26,51-52H2,6-8H3,(H,56,63);2H,1H3/b35-27-;. The van der Waals surface area contributed by atoms with Gasteiger partial charge >= 0.3 is 0 Å². The fourth-order valence-electron chi connectivity index (χ4n) is 9.13. The van der Waals surface area contributed by atoms with Gasteiger partial charge in [0.05, 0.1) is 41.3 Å². The number of hydrogen-bond acceptors (Lipinski definition) is 10. The lowest BCUT2D eigenvalue weighted by molar-refractivity contribution is -0.121. The highest BCUT2D eigenvalue weighted by Gasteiger charge is 2.34. The summed E-state index contributed by atoms with van der Waals surface area (Å²) in [5.41, 5.74) is 15.9. The van der Waals surface area contributed by atoms with Gasteiger partial charge in [-0.25, -0.2) is 20.8 Å². The molecule has 336 valence electrons. The minimum Gasteiger partial charge on any atom is -0.399 e. The van der Waals surface area contributed by atoms with Gasteiger partial charge in [-0.3, -0.25) is 4.79 Å². The maximum absolute atomic E-state index is 12.0. The number of piperidine rings is 1. The number of nitrogens with zero attached hydrogens (tertiary/aromatic N) is 7.